The highest BCUT2D eigenvalue weighted by Crippen LogP contribution is 2.17. The van der Waals surface area contributed by atoms with E-state index in [2.05, 4.69) is 33.2 Å². The number of anilines is 1. The molecule has 2 aromatic rings. The molecule has 1 atom stereocenters. The molecule has 5 heteroatoms. The van der Waals surface area contributed by atoms with E-state index < -0.39 is 0 Å². The summed E-state index contributed by atoms with van der Waals surface area (Å²) < 4.78 is 0. The molecule has 1 unspecified atom stereocenters. The number of nitrogens with one attached hydrogen (secondary N) is 2. The van der Waals surface area contributed by atoms with Crippen molar-refractivity contribution < 1.29 is 0 Å². The van der Waals surface area contributed by atoms with Gasteiger partial charge in [-0.1, -0.05) is 6.92 Å². The number of hydrogen-bond donors (Lipinski definition) is 3. The second kappa shape index (κ2) is 4.16. The number of aromatic amines is 2. The molecule has 0 bridgehead atoms. The van der Waals surface area contributed by atoms with Gasteiger partial charge in [-0.3, -0.25) is 5.10 Å². The summed E-state index contributed by atoms with van der Waals surface area (Å²) in [5, 5.41) is 6.66. The Morgan fingerprint density at radius 1 is 1.53 bits per heavy atom. The van der Waals surface area contributed by atoms with Gasteiger partial charge in [-0.05, 0) is 25.0 Å². The maximum absolute atomic E-state index is 5.45. The molecule has 80 valence electrons. The lowest BCUT2D eigenvalue weighted by Crippen LogP contribution is -1.99. The molecule has 2 rings (SSSR count). The van der Waals surface area contributed by atoms with Crippen LogP contribution in [-0.4, -0.2) is 20.2 Å². The van der Waals surface area contributed by atoms with Crippen LogP contribution in [0.4, 0.5) is 5.95 Å². The quantitative estimate of drug-likeness (QED) is 0.706. The van der Waals surface area contributed by atoms with Crippen LogP contribution in [0.15, 0.2) is 18.3 Å². The lowest BCUT2D eigenvalue weighted by Gasteiger charge is -2.06. The minimum atomic E-state index is 0.316. The minimum absolute atomic E-state index is 0.316. The van der Waals surface area contributed by atoms with Crippen LogP contribution < -0.4 is 5.73 Å². The smallest absolute Gasteiger partial charge is 0.239 e. The van der Waals surface area contributed by atoms with Gasteiger partial charge in [-0.25, -0.2) is 0 Å². The summed E-state index contributed by atoms with van der Waals surface area (Å²) in [5.74, 6) is 1.52. The van der Waals surface area contributed by atoms with Crippen molar-refractivity contribution in [2.45, 2.75) is 25.7 Å². The Bertz CT molecular complexity index is 403. The second-order valence-corrected chi connectivity index (χ2v) is 3.71. The van der Waals surface area contributed by atoms with Crippen molar-refractivity contribution in [2.24, 2.45) is 0 Å². The van der Waals surface area contributed by atoms with Crippen LogP contribution in [0, 0.1) is 0 Å². The Labute approximate surface area is 88.1 Å². The van der Waals surface area contributed by atoms with E-state index in [0.717, 1.165) is 18.7 Å². The van der Waals surface area contributed by atoms with Crippen LogP contribution in [-0.2, 0) is 6.42 Å². The van der Waals surface area contributed by atoms with Gasteiger partial charge in [0, 0.05) is 17.8 Å². The average molecular weight is 205 g/mol. The van der Waals surface area contributed by atoms with Gasteiger partial charge in [-0.15, -0.1) is 5.10 Å². The zero-order chi connectivity index (χ0) is 10.7. The van der Waals surface area contributed by atoms with Crippen molar-refractivity contribution in [1.29, 1.82) is 0 Å². The fraction of sp³-hybridized carbons (Fsp3) is 0.400. The van der Waals surface area contributed by atoms with Crippen molar-refractivity contribution in [2.75, 3.05) is 5.73 Å². The highest BCUT2D eigenvalue weighted by molar-refractivity contribution is 5.14. The normalized spacial score (nSPS) is 12.9. The third kappa shape index (κ3) is 2.37. The predicted octanol–water partition coefficient (Wildman–Crippen LogP) is 1.45. The summed E-state index contributed by atoms with van der Waals surface area (Å²) in [6.07, 6.45) is 3.97. The summed E-state index contributed by atoms with van der Waals surface area (Å²) in [6, 6.07) is 4.09. The molecule has 0 fully saturated rings. The van der Waals surface area contributed by atoms with Crippen LogP contribution in [0.2, 0.25) is 0 Å². The molecule has 0 aliphatic carbocycles. The monoisotopic (exact) mass is 205 g/mol. The number of rotatable bonds is 4. The van der Waals surface area contributed by atoms with Gasteiger partial charge >= 0.3 is 0 Å². The lowest BCUT2D eigenvalue weighted by atomic mass is 10.0. The Kier molecular flexibility index (Phi) is 2.71. The number of hydrogen-bond acceptors (Lipinski definition) is 3. The molecule has 0 saturated heterocycles. The zero-order valence-electron chi connectivity index (χ0n) is 8.70. The van der Waals surface area contributed by atoms with Gasteiger partial charge < -0.3 is 10.7 Å². The largest absolute Gasteiger partial charge is 0.367 e. The summed E-state index contributed by atoms with van der Waals surface area (Å²) in [5.41, 5.74) is 6.69. The second-order valence-electron chi connectivity index (χ2n) is 3.71. The van der Waals surface area contributed by atoms with E-state index in [1.165, 1.54) is 5.69 Å². The molecule has 4 N–H and O–H groups in total. The molecule has 5 nitrogen and oxygen atoms in total. The molecule has 2 heterocycles. The molecule has 15 heavy (non-hydrogen) atoms. The molecule has 0 aromatic carbocycles. The predicted molar refractivity (Wildman–Crippen MR) is 58.3 cm³/mol. The number of aromatic nitrogens is 4. The molecule has 0 amide bonds. The third-order valence-electron chi connectivity index (χ3n) is 2.50. The average Bonchev–Trinajstić information content (AvgIpc) is 2.84. The summed E-state index contributed by atoms with van der Waals surface area (Å²) >= 11 is 0. The van der Waals surface area contributed by atoms with Crippen LogP contribution >= 0.6 is 0 Å². The van der Waals surface area contributed by atoms with E-state index in [1.807, 2.05) is 12.3 Å². The maximum atomic E-state index is 5.45. The molecule has 0 aliphatic heterocycles. The lowest BCUT2D eigenvalue weighted by molar-refractivity contribution is 0.636. The van der Waals surface area contributed by atoms with E-state index in [9.17, 15) is 0 Å². The minimum Gasteiger partial charge on any atom is -0.367 e. The number of nitrogens with two attached hydrogens (primary N) is 1. The first-order chi connectivity index (χ1) is 7.25. The van der Waals surface area contributed by atoms with E-state index in [1.54, 1.807) is 0 Å². The summed E-state index contributed by atoms with van der Waals surface area (Å²) in [4.78, 5) is 7.29. The fourth-order valence-corrected chi connectivity index (χ4v) is 1.54. The highest BCUT2D eigenvalue weighted by Gasteiger charge is 2.10. The Balaban J connectivity index is 1.90. The van der Waals surface area contributed by atoms with Crippen LogP contribution in [0.5, 0.6) is 0 Å². The van der Waals surface area contributed by atoms with Crippen LogP contribution in [0.3, 0.4) is 0 Å². The van der Waals surface area contributed by atoms with Crippen molar-refractivity contribution in [3.05, 3.63) is 29.8 Å². The number of H-pyrrole nitrogens is 2. The first-order valence-corrected chi connectivity index (χ1v) is 5.05. The van der Waals surface area contributed by atoms with Crippen LogP contribution in [0.1, 0.15) is 30.8 Å². The Morgan fingerprint density at radius 2 is 2.40 bits per heavy atom. The maximum Gasteiger partial charge on any atom is 0.239 e. The van der Waals surface area contributed by atoms with Crippen molar-refractivity contribution in [1.82, 2.24) is 20.2 Å². The van der Waals surface area contributed by atoms with Gasteiger partial charge in [0.05, 0.1) is 0 Å². The molecule has 2 aromatic heterocycles. The number of nitrogen functional groups attached to an aromatic ring is 1. The Morgan fingerprint density at radius 3 is 3.00 bits per heavy atom. The highest BCUT2D eigenvalue weighted by atomic mass is 15.3. The van der Waals surface area contributed by atoms with Gasteiger partial charge in [0.15, 0.2) is 0 Å². The van der Waals surface area contributed by atoms with Crippen molar-refractivity contribution in [3.63, 3.8) is 0 Å². The topological polar surface area (TPSA) is 83.4 Å². The van der Waals surface area contributed by atoms with Gasteiger partial charge in [-0.2, -0.15) is 4.98 Å². The molecular weight excluding hydrogens is 190 g/mol. The van der Waals surface area contributed by atoms with E-state index >= 15 is 0 Å². The van der Waals surface area contributed by atoms with Gasteiger partial charge in [0.2, 0.25) is 5.95 Å². The zero-order valence-corrected chi connectivity index (χ0v) is 8.70. The van der Waals surface area contributed by atoms with Crippen molar-refractivity contribution in [3.8, 4) is 0 Å². The van der Waals surface area contributed by atoms with Crippen molar-refractivity contribution >= 4 is 5.95 Å². The molecular formula is C10H15N5. The molecule has 0 radical (unpaired) electrons. The van der Waals surface area contributed by atoms with E-state index in [4.69, 9.17) is 5.73 Å². The first-order valence-electron chi connectivity index (χ1n) is 5.05. The number of aryl methyl sites for hydroxylation is 1. The third-order valence-corrected chi connectivity index (χ3v) is 2.50. The van der Waals surface area contributed by atoms with E-state index in [0.29, 0.717) is 11.9 Å². The van der Waals surface area contributed by atoms with Gasteiger partial charge in [0.1, 0.15) is 5.82 Å². The fourth-order valence-electron chi connectivity index (χ4n) is 1.54. The Hall–Kier alpha value is -1.78. The van der Waals surface area contributed by atoms with Crippen LogP contribution in [0.25, 0.3) is 0 Å². The summed E-state index contributed by atoms with van der Waals surface area (Å²) in [6.45, 7) is 2.11. The molecule has 0 saturated carbocycles. The molecule has 0 spiro atoms. The molecule has 0 aliphatic rings. The van der Waals surface area contributed by atoms with Gasteiger partial charge in [0.25, 0.3) is 0 Å². The van der Waals surface area contributed by atoms with E-state index in [-0.39, 0.29) is 0 Å². The SMILES string of the molecule is CC(CCc1ccc[nH]1)c1nc(N)n[nH]1. The summed E-state index contributed by atoms with van der Waals surface area (Å²) in [7, 11) is 0. The standard InChI is InChI=1S/C10H15N5/c1-7(9-13-10(11)15-14-9)4-5-8-3-2-6-12-8/h2-3,6-7,12H,4-5H2,1H3,(H3,11,13,14,15). The first kappa shape index (κ1) is 9.76. The number of nitrogens with zero attached hydrogens (tertiary/aromatic N) is 2.